The minimum atomic E-state index is -2.90. The fraction of sp³-hybridized carbons (Fsp3) is 0.259. The van der Waals surface area contributed by atoms with Gasteiger partial charge in [-0.15, -0.1) is 0 Å². The molecule has 0 unspecified atom stereocenters. The van der Waals surface area contributed by atoms with E-state index < -0.39 is 6.61 Å². The molecular weight excluding hydrogens is 454 g/mol. The molecule has 0 bridgehead atoms. The summed E-state index contributed by atoms with van der Waals surface area (Å²) in [4.78, 5) is 0.208. The number of halogens is 2. The molecule has 0 aliphatic rings. The van der Waals surface area contributed by atoms with Gasteiger partial charge in [-0.1, -0.05) is 51.2 Å². The Balaban J connectivity index is 2.02. The molecule has 1 N–H and O–H groups in total. The van der Waals surface area contributed by atoms with Crippen LogP contribution in [0.25, 0.3) is 11.5 Å². The normalized spacial score (nSPS) is 12.4. The lowest BCUT2D eigenvalue weighted by Gasteiger charge is -2.20. The van der Waals surface area contributed by atoms with E-state index in [4.69, 9.17) is 12.2 Å². The summed E-state index contributed by atoms with van der Waals surface area (Å²) in [7, 11) is 0. The monoisotopic (exact) mass is 482 g/mol. The molecule has 0 atom stereocenters. The van der Waals surface area contributed by atoms with Crippen molar-refractivity contribution in [2.45, 2.75) is 46.6 Å². The Hall–Kier alpha value is -3.32. The predicted octanol–water partition coefficient (Wildman–Crippen LogP) is 5.62. The summed E-state index contributed by atoms with van der Waals surface area (Å²) in [6, 6.07) is 15.4. The first-order valence-corrected chi connectivity index (χ1v) is 11.2. The first-order valence-electron chi connectivity index (χ1n) is 10.8. The molecule has 34 heavy (non-hydrogen) atoms. The van der Waals surface area contributed by atoms with Gasteiger partial charge in [0.2, 0.25) is 5.70 Å². The summed E-state index contributed by atoms with van der Waals surface area (Å²) < 4.78 is 30.9. The SMILES string of the molecule is Cc1ccc(C([O-])=C(C(=S)Nc2ccc(OC(F)F)cc2)[n+]2ccc(C(C)(C)C)cc2)cc1C. The highest BCUT2D eigenvalue weighted by atomic mass is 32.1. The second-order valence-electron chi connectivity index (χ2n) is 9.08. The van der Waals surface area contributed by atoms with Crippen LogP contribution < -0.4 is 19.7 Å². The van der Waals surface area contributed by atoms with Crippen molar-refractivity contribution in [2.75, 3.05) is 5.32 Å². The number of anilines is 1. The van der Waals surface area contributed by atoms with Crippen molar-refractivity contribution in [1.82, 2.24) is 0 Å². The second kappa shape index (κ2) is 10.3. The van der Waals surface area contributed by atoms with Crippen molar-refractivity contribution >= 4 is 34.3 Å². The molecule has 0 saturated heterocycles. The third kappa shape index (κ3) is 6.17. The molecule has 0 amide bonds. The molecule has 4 nitrogen and oxygen atoms in total. The predicted molar refractivity (Wildman–Crippen MR) is 134 cm³/mol. The molecule has 0 saturated carbocycles. The van der Waals surface area contributed by atoms with Crippen molar-refractivity contribution in [3.05, 3.63) is 89.2 Å². The lowest BCUT2D eigenvalue weighted by atomic mass is 9.88. The van der Waals surface area contributed by atoms with Gasteiger partial charge in [0.1, 0.15) is 5.75 Å². The smallest absolute Gasteiger partial charge is 0.387 e. The molecule has 0 aliphatic carbocycles. The lowest BCUT2D eigenvalue weighted by molar-refractivity contribution is -0.577. The van der Waals surface area contributed by atoms with Gasteiger partial charge in [-0.3, -0.25) is 0 Å². The van der Waals surface area contributed by atoms with Crippen LogP contribution >= 0.6 is 12.2 Å². The largest absolute Gasteiger partial charge is 0.867 e. The van der Waals surface area contributed by atoms with Crippen LogP contribution in [0.3, 0.4) is 0 Å². The van der Waals surface area contributed by atoms with Crippen LogP contribution in [-0.2, 0) is 5.41 Å². The molecule has 1 heterocycles. The molecule has 0 spiro atoms. The Kier molecular flexibility index (Phi) is 7.67. The lowest BCUT2D eigenvalue weighted by Crippen LogP contribution is -2.40. The van der Waals surface area contributed by atoms with Gasteiger partial charge in [-0.05, 0) is 71.5 Å². The highest BCUT2D eigenvalue weighted by Gasteiger charge is 2.21. The molecule has 7 heteroatoms. The van der Waals surface area contributed by atoms with Crippen molar-refractivity contribution in [2.24, 2.45) is 0 Å². The van der Waals surface area contributed by atoms with Crippen molar-refractivity contribution in [3.8, 4) is 5.75 Å². The van der Waals surface area contributed by atoms with Gasteiger partial charge in [-0.25, -0.2) is 0 Å². The number of aromatic nitrogens is 1. The second-order valence-corrected chi connectivity index (χ2v) is 9.49. The summed E-state index contributed by atoms with van der Waals surface area (Å²) in [5.41, 5.74) is 4.53. The van der Waals surface area contributed by atoms with E-state index in [2.05, 4.69) is 30.8 Å². The number of alkyl halides is 2. The number of hydrogen-bond donors (Lipinski definition) is 1. The van der Waals surface area contributed by atoms with Gasteiger partial charge in [-0.2, -0.15) is 13.3 Å². The zero-order chi connectivity index (χ0) is 25.0. The fourth-order valence-electron chi connectivity index (χ4n) is 3.34. The van der Waals surface area contributed by atoms with Crippen LogP contribution in [0, 0.1) is 13.8 Å². The first-order chi connectivity index (χ1) is 16.0. The number of nitrogens with one attached hydrogen (secondary N) is 1. The van der Waals surface area contributed by atoms with E-state index in [0.717, 1.165) is 16.7 Å². The van der Waals surface area contributed by atoms with E-state index in [0.29, 0.717) is 11.3 Å². The molecule has 3 rings (SSSR count). The van der Waals surface area contributed by atoms with Crippen LogP contribution in [0.5, 0.6) is 5.75 Å². The third-order valence-corrected chi connectivity index (χ3v) is 5.79. The topological polar surface area (TPSA) is 48.2 Å². The number of pyridine rings is 1. The molecule has 2 aromatic carbocycles. The Morgan fingerprint density at radius 2 is 1.59 bits per heavy atom. The fourth-order valence-corrected chi connectivity index (χ4v) is 3.66. The van der Waals surface area contributed by atoms with E-state index >= 15 is 0 Å². The number of aryl methyl sites for hydroxylation is 2. The highest BCUT2D eigenvalue weighted by molar-refractivity contribution is 7.81. The Morgan fingerprint density at radius 1 is 0.971 bits per heavy atom. The number of thiocarbonyl (C=S) groups is 1. The Bertz CT molecular complexity index is 1200. The van der Waals surface area contributed by atoms with Crippen LogP contribution in [-0.4, -0.2) is 11.6 Å². The zero-order valence-electron chi connectivity index (χ0n) is 19.9. The highest BCUT2D eigenvalue weighted by Crippen LogP contribution is 2.23. The van der Waals surface area contributed by atoms with E-state index in [-0.39, 0.29) is 27.6 Å². The number of rotatable bonds is 6. The molecule has 3 aromatic rings. The third-order valence-electron chi connectivity index (χ3n) is 5.49. The van der Waals surface area contributed by atoms with Gasteiger partial charge >= 0.3 is 6.61 Å². The van der Waals surface area contributed by atoms with Crippen LogP contribution in [0.15, 0.2) is 67.0 Å². The Morgan fingerprint density at radius 3 is 2.12 bits per heavy atom. The number of hydrogen-bond acceptors (Lipinski definition) is 3. The van der Waals surface area contributed by atoms with E-state index in [1.54, 1.807) is 22.8 Å². The van der Waals surface area contributed by atoms with E-state index in [1.807, 2.05) is 50.5 Å². The van der Waals surface area contributed by atoms with Gasteiger partial charge in [0.25, 0.3) is 0 Å². The molecule has 1 aromatic heterocycles. The first kappa shape index (κ1) is 25.3. The van der Waals surface area contributed by atoms with Crippen molar-refractivity contribution < 1.29 is 23.2 Å². The number of nitrogens with zero attached hydrogens (tertiary/aromatic N) is 1. The minimum Gasteiger partial charge on any atom is -0.867 e. The maximum Gasteiger partial charge on any atom is 0.387 e. The minimum absolute atomic E-state index is 0.0361. The number of ether oxygens (including phenoxy) is 1. The van der Waals surface area contributed by atoms with Gasteiger partial charge in [0.15, 0.2) is 17.4 Å². The molecule has 178 valence electrons. The Labute approximate surface area is 204 Å². The summed E-state index contributed by atoms with van der Waals surface area (Å²) >= 11 is 5.64. The summed E-state index contributed by atoms with van der Waals surface area (Å²) in [6.07, 6.45) is 3.64. The van der Waals surface area contributed by atoms with Gasteiger partial charge < -0.3 is 15.2 Å². The average Bonchev–Trinajstić information content (AvgIpc) is 2.76. The van der Waals surface area contributed by atoms with Gasteiger partial charge in [0.05, 0.1) is 0 Å². The maximum absolute atomic E-state index is 13.6. The van der Waals surface area contributed by atoms with Gasteiger partial charge in [0, 0.05) is 17.8 Å². The summed E-state index contributed by atoms with van der Waals surface area (Å²) in [6.45, 7) is 7.39. The standard InChI is InChI=1S/C27H28F2N2O2S/c1-17-6-7-19(16-18(17)2)24(32)23(31-14-12-20(13-15-31)27(3,4)5)25(34)30-21-8-10-22(11-9-21)33-26(28)29/h6-16,26H,1-5H3,(H-,30,32,34). The number of benzene rings is 2. The van der Waals surface area contributed by atoms with E-state index in [9.17, 15) is 13.9 Å². The maximum atomic E-state index is 13.6. The van der Waals surface area contributed by atoms with Crippen LogP contribution in [0.2, 0.25) is 0 Å². The summed E-state index contributed by atoms with van der Waals surface area (Å²) in [5, 5.41) is 16.7. The van der Waals surface area contributed by atoms with Crippen molar-refractivity contribution in [3.63, 3.8) is 0 Å². The van der Waals surface area contributed by atoms with Crippen LogP contribution in [0.4, 0.5) is 14.5 Å². The summed E-state index contributed by atoms with van der Waals surface area (Å²) in [5.74, 6) is -0.194. The quantitative estimate of drug-likeness (QED) is 0.215. The molecule has 0 radical (unpaired) electrons. The van der Waals surface area contributed by atoms with Crippen molar-refractivity contribution in [1.29, 1.82) is 0 Å². The zero-order valence-corrected chi connectivity index (χ0v) is 20.7. The molecule has 0 aliphatic heterocycles. The van der Waals surface area contributed by atoms with Crippen LogP contribution in [0.1, 0.15) is 43.0 Å². The molecule has 0 fully saturated rings. The van der Waals surface area contributed by atoms with E-state index in [1.165, 1.54) is 12.1 Å². The average molecular weight is 483 g/mol. The molecular formula is C27H28F2N2O2S.